The van der Waals surface area contributed by atoms with Crippen LogP contribution in [-0.4, -0.2) is 24.3 Å². The standard InChI is InChI=1S/C13H13NO4/c1-9(8-14)18-12-7-11(17-2)5-3-10(12)4-6-13(15)16/h3-7,9H,1-2H3,(H,15,16). The van der Waals surface area contributed by atoms with Gasteiger partial charge in [-0.25, -0.2) is 4.79 Å². The van der Waals surface area contributed by atoms with E-state index in [0.29, 0.717) is 17.1 Å². The number of nitriles is 1. The highest BCUT2D eigenvalue weighted by Crippen LogP contribution is 2.26. The van der Waals surface area contributed by atoms with E-state index in [1.54, 1.807) is 25.1 Å². The van der Waals surface area contributed by atoms with Crippen molar-refractivity contribution in [3.05, 3.63) is 29.8 Å². The van der Waals surface area contributed by atoms with E-state index in [-0.39, 0.29) is 0 Å². The van der Waals surface area contributed by atoms with Crippen molar-refractivity contribution in [3.63, 3.8) is 0 Å². The van der Waals surface area contributed by atoms with Gasteiger partial charge in [0.05, 0.1) is 7.11 Å². The number of hydrogen-bond acceptors (Lipinski definition) is 4. The van der Waals surface area contributed by atoms with E-state index in [1.807, 2.05) is 6.07 Å². The number of hydrogen-bond donors (Lipinski definition) is 1. The van der Waals surface area contributed by atoms with Crippen LogP contribution in [0.4, 0.5) is 0 Å². The lowest BCUT2D eigenvalue weighted by Gasteiger charge is -2.12. The minimum Gasteiger partial charge on any atom is -0.497 e. The number of carboxylic acid groups (broad SMARTS) is 1. The molecule has 0 radical (unpaired) electrons. The Morgan fingerprint density at radius 1 is 1.56 bits per heavy atom. The molecule has 0 aliphatic heterocycles. The van der Waals surface area contributed by atoms with Crippen LogP contribution in [-0.2, 0) is 4.79 Å². The maximum atomic E-state index is 10.5. The zero-order valence-corrected chi connectivity index (χ0v) is 10.1. The van der Waals surface area contributed by atoms with Crippen molar-refractivity contribution in [2.24, 2.45) is 0 Å². The smallest absolute Gasteiger partial charge is 0.328 e. The zero-order chi connectivity index (χ0) is 13.5. The first-order chi connectivity index (χ1) is 8.56. The lowest BCUT2D eigenvalue weighted by Crippen LogP contribution is -2.09. The van der Waals surface area contributed by atoms with Crippen LogP contribution in [0.1, 0.15) is 12.5 Å². The molecule has 1 unspecified atom stereocenters. The molecule has 0 spiro atoms. The third-order valence-corrected chi connectivity index (χ3v) is 2.11. The number of ether oxygens (including phenoxy) is 2. The predicted octanol–water partition coefficient (Wildman–Crippen LogP) is 2.08. The topological polar surface area (TPSA) is 79.6 Å². The fraction of sp³-hybridized carbons (Fsp3) is 0.231. The fourth-order valence-corrected chi connectivity index (χ4v) is 1.26. The number of aliphatic carboxylic acids is 1. The van der Waals surface area contributed by atoms with Crippen molar-refractivity contribution >= 4 is 12.0 Å². The van der Waals surface area contributed by atoms with Gasteiger partial charge < -0.3 is 14.6 Å². The summed E-state index contributed by atoms with van der Waals surface area (Å²) in [4.78, 5) is 10.5. The summed E-state index contributed by atoms with van der Waals surface area (Å²) in [7, 11) is 1.51. The van der Waals surface area contributed by atoms with Gasteiger partial charge in [-0.3, -0.25) is 0 Å². The van der Waals surface area contributed by atoms with Gasteiger partial charge in [0, 0.05) is 17.7 Å². The Balaban J connectivity index is 3.08. The molecule has 0 bridgehead atoms. The molecule has 1 rings (SSSR count). The van der Waals surface area contributed by atoms with E-state index in [4.69, 9.17) is 19.8 Å². The van der Waals surface area contributed by atoms with Crippen LogP contribution in [0.25, 0.3) is 6.08 Å². The van der Waals surface area contributed by atoms with Crippen molar-refractivity contribution in [1.82, 2.24) is 0 Å². The number of nitrogens with zero attached hydrogens (tertiary/aromatic N) is 1. The molecule has 0 aromatic heterocycles. The SMILES string of the molecule is COc1ccc(C=CC(=O)O)c(OC(C)C#N)c1. The first-order valence-electron chi connectivity index (χ1n) is 5.22. The van der Waals surface area contributed by atoms with E-state index >= 15 is 0 Å². The number of carbonyl (C=O) groups is 1. The van der Waals surface area contributed by atoms with Crippen LogP contribution in [0.3, 0.4) is 0 Å². The molecule has 5 nitrogen and oxygen atoms in total. The van der Waals surface area contributed by atoms with Gasteiger partial charge >= 0.3 is 5.97 Å². The monoisotopic (exact) mass is 247 g/mol. The summed E-state index contributed by atoms with van der Waals surface area (Å²) in [5.74, 6) is -0.0754. The van der Waals surface area contributed by atoms with Crippen LogP contribution < -0.4 is 9.47 Å². The maximum Gasteiger partial charge on any atom is 0.328 e. The quantitative estimate of drug-likeness (QED) is 0.806. The molecule has 1 aromatic carbocycles. The van der Waals surface area contributed by atoms with Gasteiger partial charge in [-0.1, -0.05) is 0 Å². The highest BCUT2D eigenvalue weighted by molar-refractivity contribution is 5.86. The molecule has 94 valence electrons. The Kier molecular flexibility index (Phi) is 4.76. The molecule has 5 heteroatoms. The molecule has 1 atom stereocenters. The first-order valence-corrected chi connectivity index (χ1v) is 5.22. The summed E-state index contributed by atoms with van der Waals surface area (Å²) in [6.07, 6.45) is 1.78. The van der Waals surface area contributed by atoms with E-state index in [1.165, 1.54) is 13.2 Å². The van der Waals surface area contributed by atoms with E-state index in [9.17, 15) is 4.79 Å². The van der Waals surface area contributed by atoms with Crippen molar-refractivity contribution < 1.29 is 19.4 Å². The number of benzene rings is 1. The number of carboxylic acids is 1. The average Bonchev–Trinajstić information content (AvgIpc) is 2.36. The molecule has 0 aliphatic rings. The van der Waals surface area contributed by atoms with Crippen molar-refractivity contribution in [3.8, 4) is 17.6 Å². The predicted molar refractivity (Wildman–Crippen MR) is 65.4 cm³/mol. The van der Waals surface area contributed by atoms with Crippen LogP contribution >= 0.6 is 0 Å². The van der Waals surface area contributed by atoms with Gasteiger partial charge in [0.25, 0.3) is 0 Å². The molecular formula is C13H13NO4. The fourth-order valence-electron chi connectivity index (χ4n) is 1.26. The molecule has 1 aromatic rings. The van der Waals surface area contributed by atoms with Gasteiger partial charge in [-0.2, -0.15) is 5.26 Å². The van der Waals surface area contributed by atoms with Crippen molar-refractivity contribution in [2.75, 3.05) is 7.11 Å². The van der Waals surface area contributed by atoms with Gasteiger partial charge in [0.1, 0.15) is 17.6 Å². The summed E-state index contributed by atoms with van der Waals surface area (Å²) in [5, 5.41) is 17.3. The largest absolute Gasteiger partial charge is 0.497 e. The molecule has 0 heterocycles. The Labute approximate surface area is 105 Å². The second-order valence-electron chi connectivity index (χ2n) is 3.46. The lowest BCUT2D eigenvalue weighted by molar-refractivity contribution is -0.131. The van der Waals surface area contributed by atoms with Gasteiger partial charge in [-0.05, 0) is 25.1 Å². The third-order valence-electron chi connectivity index (χ3n) is 2.11. The highest BCUT2D eigenvalue weighted by atomic mass is 16.5. The molecule has 0 saturated carbocycles. The minimum absolute atomic E-state index is 0.404. The van der Waals surface area contributed by atoms with Crippen LogP contribution in [0.5, 0.6) is 11.5 Å². The Morgan fingerprint density at radius 2 is 2.28 bits per heavy atom. The molecule has 18 heavy (non-hydrogen) atoms. The normalized spacial score (nSPS) is 11.8. The van der Waals surface area contributed by atoms with Crippen molar-refractivity contribution in [2.45, 2.75) is 13.0 Å². The summed E-state index contributed by atoms with van der Waals surface area (Å²) < 4.78 is 10.4. The summed E-state index contributed by atoms with van der Waals surface area (Å²) in [5.41, 5.74) is 0.570. The second kappa shape index (κ2) is 6.30. The number of rotatable bonds is 5. The summed E-state index contributed by atoms with van der Waals surface area (Å²) >= 11 is 0. The first kappa shape index (κ1) is 13.6. The van der Waals surface area contributed by atoms with Gasteiger partial charge in [0.15, 0.2) is 6.10 Å². The molecule has 0 amide bonds. The number of methoxy groups -OCH3 is 1. The van der Waals surface area contributed by atoms with Crippen LogP contribution in [0.2, 0.25) is 0 Å². The average molecular weight is 247 g/mol. The summed E-state index contributed by atoms with van der Waals surface area (Å²) in [6, 6.07) is 6.90. The molecule has 0 aliphatic carbocycles. The highest BCUT2D eigenvalue weighted by Gasteiger charge is 2.08. The Hall–Kier alpha value is -2.48. The third kappa shape index (κ3) is 3.83. The van der Waals surface area contributed by atoms with Crippen molar-refractivity contribution in [1.29, 1.82) is 5.26 Å². The molecule has 1 N–H and O–H groups in total. The maximum absolute atomic E-state index is 10.5. The summed E-state index contributed by atoms with van der Waals surface area (Å²) in [6.45, 7) is 1.60. The van der Waals surface area contributed by atoms with Gasteiger partial charge in [-0.15, -0.1) is 0 Å². The van der Waals surface area contributed by atoms with E-state index in [2.05, 4.69) is 0 Å². The second-order valence-corrected chi connectivity index (χ2v) is 3.46. The van der Waals surface area contributed by atoms with E-state index in [0.717, 1.165) is 6.08 Å². The van der Waals surface area contributed by atoms with Crippen LogP contribution in [0.15, 0.2) is 24.3 Å². The van der Waals surface area contributed by atoms with Gasteiger partial charge in [0.2, 0.25) is 0 Å². The Bertz CT molecular complexity index is 502. The molecular weight excluding hydrogens is 234 g/mol. The zero-order valence-electron chi connectivity index (χ0n) is 10.1. The van der Waals surface area contributed by atoms with E-state index < -0.39 is 12.1 Å². The molecule has 0 saturated heterocycles. The lowest BCUT2D eigenvalue weighted by atomic mass is 10.1. The minimum atomic E-state index is -1.05. The Morgan fingerprint density at radius 3 is 2.83 bits per heavy atom. The van der Waals surface area contributed by atoms with Crippen LogP contribution in [0, 0.1) is 11.3 Å². The molecule has 0 fully saturated rings.